The third-order valence-electron chi connectivity index (χ3n) is 4.53. The maximum atomic E-state index is 5.68. The molecule has 1 aromatic carbocycles. The van der Waals surface area contributed by atoms with Gasteiger partial charge >= 0.3 is 0 Å². The van der Waals surface area contributed by atoms with Crippen molar-refractivity contribution in [1.29, 1.82) is 0 Å². The molecule has 0 bridgehead atoms. The van der Waals surface area contributed by atoms with Crippen LogP contribution >= 0.6 is 15.9 Å². The highest BCUT2D eigenvalue weighted by molar-refractivity contribution is 9.10. The maximum Gasteiger partial charge on any atom is 0.126 e. The molecule has 2 atom stereocenters. The topological polar surface area (TPSA) is 21.3 Å². The predicted octanol–water partition coefficient (Wildman–Crippen LogP) is 4.38. The molecule has 2 unspecified atom stereocenters. The Balaban J connectivity index is 2.53. The first-order valence-corrected chi connectivity index (χ1v) is 7.63. The molecule has 1 fully saturated rings. The minimum Gasteiger partial charge on any atom is -0.496 e. The lowest BCUT2D eigenvalue weighted by atomic mass is 9.91. The van der Waals surface area contributed by atoms with Crippen molar-refractivity contribution in [3.63, 3.8) is 0 Å². The van der Waals surface area contributed by atoms with Crippen molar-refractivity contribution in [3.05, 3.63) is 27.2 Å². The van der Waals surface area contributed by atoms with E-state index in [0.717, 1.165) is 5.75 Å². The van der Waals surface area contributed by atoms with E-state index < -0.39 is 0 Å². The summed E-state index contributed by atoms with van der Waals surface area (Å²) in [6, 6.07) is 2.50. The van der Waals surface area contributed by atoms with Gasteiger partial charge in [-0.15, -0.1) is 0 Å². The number of hydrogen-bond donors (Lipinski definition) is 1. The fraction of sp³-hybridized carbons (Fsp3) is 0.625. The zero-order valence-electron chi connectivity index (χ0n) is 12.7. The molecule has 1 N–H and O–H groups in total. The summed E-state index contributed by atoms with van der Waals surface area (Å²) in [7, 11) is 3.82. The van der Waals surface area contributed by atoms with Crippen LogP contribution in [0.5, 0.6) is 5.75 Å². The van der Waals surface area contributed by atoms with E-state index in [0.29, 0.717) is 17.4 Å². The number of rotatable bonds is 4. The average molecular weight is 326 g/mol. The number of benzene rings is 1. The van der Waals surface area contributed by atoms with E-state index in [2.05, 4.69) is 55.0 Å². The first-order chi connectivity index (χ1) is 8.83. The molecule has 0 aliphatic heterocycles. The van der Waals surface area contributed by atoms with Crippen LogP contribution in [0.25, 0.3) is 0 Å². The summed E-state index contributed by atoms with van der Waals surface area (Å²) in [5.74, 6) is 1.71. The zero-order valence-corrected chi connectivity index (χ0v) is 14.3. The van der Waals surface area contributed by atoms with Crippen molar-refractivity contribution in [2.45, 2.75) is 40.2 Å². The minimum absolute atomic E-state index is 0.362. The van der Waals surface area contributed by atoms with Crippen LogP contribution in [-0.2, 0) is 0 Å². The van der Waals surface area contributed by atoms with E-state index in [1.54, 1.807) is 7.11 Å². The van der Waals surface area contributed by atoms with Gasteiger partial charge in [-0.2, -0.15) is 0 Å². The predicted molar refractivity (Wildman–Crippen MR) is 83.9 cm³/mol. The Hall–Kier alpha value is -0.540. The number of aryl methyl sites for hydroxylation is 1. The number of halogens is 1. The maximum absolute atomic E-state index is 5.68. The smallest absolute Gasteiger partial charge is 0.126 e. The summed E-state index contributed by atoms with van der Waals surface area (Å²) < 4.78 is 6.85. The largest absolute Gasteiger partial charge is 0.496 e. The normalized spacial score (nSPS) is 22.2. The summed E-state index contributed by atoms with van der Waals surface area (Å²) in [6.45, 7) is 8.96. The van der Waals surface area contributed by atoms with E-state index in [4.69, 9.17) is 4.74 Å². The Kier molecular flexibility index (Phi) is 3.99. The number of nitrogens with one attached hydrogen (secondary N) is 1. The molecule has 2 nitrogen and oxygen atoms in total. The van der Waals surface area contributed by atoms with Gasteiger partial charge in [-0.3, -0.25) is 0 Å². The Morgan fingerprint density at radius 3 is 2.42 bits per heavy atom. The van der Waals surface area contributed by atoms with Crippen LogP contribution in [0.15, 0.2) is 10.5 Å². The van der Waals surface area contributed by atoms with E-state index in [9.17, 15) is 0 Å². The van der Waals surface area contributed by atoms with Gasteiger partial charge in [0.1, 0.15) is 5.75 Å². The minimum atomic E-state index is 0.362. The van der Waals surface area contributed by atoms with Crippen molar-refractivity contribution >= 4 is 15.9 Å². The lowest BCUT2D eigenvalue weighted by Crippen LogP contribution is -2.22. The van der Waals surface area contributed by atoms with Crippen LogP contribution in [0.3, 0.4) is 0 Å². The molecule has 0 radical (unpaired) electrons. The van der Waals surface area contributed by atoms with Gasteiger partial charge in [-0.25, -0.2) is 0 Å². The Labute approximate surface area is 125 Å². The molecule has 1 aromatic rings. The molecule has 0 heterocycles. The number of ether oxygens (including phenoxy) is 1. The van der Waals surface area contributed by atoms with Crippen molar-refractivity contribution in [2.24, 2.45) is 11.3 Å². The van der Waals surface area contributed by atoms with Crippen LogP contribution in [0.2, 0.25) is 0 Å². The van der Waals surface area contributed by atoms with Crippen LogP contribution < -0.4 is 10.1 Å². The van der Waals surface area contributed by atoms with Crippen molar-refractivity contribution in [2.75, 3.05) is 14.2 Å². The summed E-state index contributed by atoms with van der Waals surface area (Å²) >= 11 is 3.67. The van der Waals surface area contributed by atoms with Crippen LogP contribution in [0.1, 0.15) is 43.0 Å². The molecule has 0 saturated heterocycles. The van der Waals surface area contributed by atoms with Gasteiger partial charge in [0.05, 0.1) is 7.11 Å². The van der Waals surface area contributed by atoms with Crippen LogP contribution in [0.4, 0.5) is 0 Å². The molecule has 19 heavy (non-hydrogen) atoms. The van der Waals surface area contributed by atoms with Crippen molar-refractivity contribution < 1.29 is 4.74 Å². The van der Waals surface area contributed by atoms with Gasteiger partial charge in [0.25, 0.3) is 0 Å². The highest BCUT2D eigenvalue weighted by atomic mass is 79.9. The lowest BCUT2D eigenvalue weighted by Gasteiger charge is -2.25. The van der Waals surface area contributed by atoms with Crippen LogP contribution in [0, 0.1) is 25.2 Å². The fourth-order valence-electron chi connectivity index (χ4n) is 3.14. The van der Waals surface area contributed by atoms with E-state index in [-0.39, 0.29) is 0 Å². The molecule has 2 rings (SSSR count). The summed E-state index contributed by atoms with van der Waals surface area (Å²) in [5.41, 5.74) is 4.21. The summed E-state index contributed by atoms with van der Waals surface area (Å²) in [5, 5.41) is 3.51. The molecule has 1 saturated carbocycles. The first-order valence-electron chi connectivity index (χ1n) is 6.84. The monoisotopic (exact) mass is 325 g/mol. The first kappa shape index (κ1) is 14.9. The molecular formula is C16H24BrNO. The molecule has 1 aliphatic carbocycles. The highest BCUT2D eigenvalue weighted by Gasteiger charge is 2.51. The van der Waals surface area contributed by atoms with Crippen molar-refractivity contribution in [1.82, 2.24) is 5.32 Å². The second-order valence-corrected chi connectivity index (χ2v) is 7.17. The molecule has 1 aliphatic rings. The fourth-order valence-corrected chi connectivity index (χ4v) is 3.70. The Morgan fingerprint density at radius 1 is 1.42 bits per heavy atom. The molecule has 0 amide bonds. The quantitative estimate of drug-likeness (QED) is 0.886. The molecule has 0 aromatic heterocycles. The molecular weight excluding hydrogens is 302 g/mol. The second kappa shape index (κ2) is 5.10. The van der Waals surface area contributed by atoms with Gasteiger partial charge in [-0.1, -0.05) is 29.8 Å². The zero-order chi connectivity index (χ0) is 14.4. The molecule has 0 spiro atoms. The standard InChI is InChI=1S/C16H24BrNO/c1-9-7-12(17)10(2)13(15(9)19-6)14(18-5)11-8-16(11,3)4/h7,11,14,18H,8H2,1-6H3. The van der Waals surface area contributed by atoms with E-state index in [1.807, 2.05) is 7.05 Å². The van der Waals surface area contributed by atoms with Crippen LogP contribution in [-0.4, -0.2) is 14.2 Å². The summed E-state index contributed by atoms with van der Waals surface area (Å²) in [4.78, 5) is 0. The van der Waals surface area contributed by atoms with Crippen molar-refractivity contribution in [3.8, 4) is 5.75 Å². The molecule has 3 heteroatoms. The van der Waals surface area contributed by atoms with E-state index in [1.165, 1.54) is 27.6 Å². The SMILES string of the molecule is CNC(c1c(C)c(Br)cc(C)c1OC)C1CC1(C)C. The van der Waals surface area contributed by atoms with Gasteiger partial charge in [0.15, 0.2) is 0 Å². The second-order valence-electron chi connectivity index (χ2n) is 6.31. The third kappa shape index (κ3) is 2.55. The number of hydrogen-bond acceptors (Lipinski definition) is 2. The third-order valence-corrected chi connectivity index (χ3v) is 5.35. The van der Waals surface area contributed by atoms with E-state index >= 15 is 0 Å². The number of methoxy groups -OCH3 is 1. The summed E-state index contributed by atoms with van der Waals surface area (Å²) in [6.07, 6.45) is 1.27. The van der Waals surface area contributed by atoms with Gasteiger partial charge < -0.3 is 10.1 Å². The Morgan fingerprint density at radius 2 is 2.00 bits per heavy atom. The highest BCUT2D eigenvalue weighted by Crippen LogP contribution is 2.59. The lowest BCUT2D eigenvalue weighted by molar-refractivity contribution is 0.380. The Bertz CT molecular complexity index is 496. The van der Waals surface area contributed by atoms with Gasteiger partial charge in [0.2, 0.25) is 0 Å². The van der Waals surface area contributed by atoms with Gasteiger partial charge in [-0.05, 0) is 55.8 Å². The average Bonchev–Trinajstić information content (AvgIpc) is 2.95. The van der Waals surface area contributed by atoms with Gasteiger partial charge in [0, 0.05) is 16.1 Å². The molecule has 106 valence electrons.